The van der Waals surface area contributed by atoms with Gasteiger partial charge in [0, 0.05) is 115 Å². The number of pyridine rings is 8. The molecule has 12 aromatic heterocycles. The van der Waals surface area contributed by atoms with E-state index in [0.717, 1.165) is 143 Å². The summed E-state index contributed by atoms with van der Waals surface area (Å²) in [5, 5.41) is 8.69. The number of hydrogen-bond donors (Lipinski definition) is 0. The number of hydrogen-bond acceptors (Lipinski definition) is 8. The molecule has 0 amide bonds. The summed E-state index contributed by atoms with van der Waals surface area (Å²) in [5.41, 5.74) is 17.3. The lowest BCUT2D eigenvalue weighted by Gasteiger charge is -2.35. The second kappa shape index (κ2) is 15.7. The van der Waals surface area contributed by atoms with E-state index in [0.29, 0.717) is 0 Å². The van der Waals surface area contributed by atoms with Gasteiger partial charge in [0.25, 0.3) is 0 Å². The number of fused-ring (bicyclic) bond motifs is 15. The molecule has 0 saturated carbocycles. The molecule has 4 aromatic carbocycles. The van der Waals surface area contributed by atoms with Crippen LogP contribution in [0.3, 0.4) is 0 Å². The van der Waals surface area contributed by atoms with Crippen molar-refractivity contribution in [2.75, 3.05) is 0 Å². The van der Waals surface area contributed by atoms with Crippen LogP contribution in [0.4, 0.5) is 0 Å². The van der Waals surface area contributed by atoms with Crippen LogP contribution in [0.1, 0.15) is 22.3 Å². The van der Waals surface area contributed by atoms with Crippen LogP contribution in [0.25, 0.3) is 121 Å². The zero-order chi connectivity index (χ0) is 50.3. The van der Waals surface area contributed by atoms with E-state index in [1.165, 1.54) is 0 Å². The van der Waals surface area contributed by atoms with Crippen LogP contribution in [-0.4, -0.2) is 58.1 Å². The predicted molar refractivity (Wildman–Crippen MR) is 303 cm³/mol. The minimum Gasteiger partial charge on any atom is -0.306 e. The van der Waals surface area contributed by atoms with Crippen molar-refractivity contribution in [1.82, 2.24) is 58.1 Å². The Morgan fingerprint density at radius 3 is 0.701 bits per heavy atom. The van der Waals surface area contributed by atoms with Crippen LogP contribution in [0.5, 0.6) is 0 Å². The van der Waals surface area contributed by atoms with Gasteiger partial charge in [0.15, 0.2) is 0 Å². The average molecular weight is 987 g/mol. The maximum absolute atomic E-state index is 4.74. The molecule has 0 bridgehead atoms. The van der Waals surface area contributed by atoms with Crippen molar-refractivity contribution in [3.05, 3.63) is 255 Å². The molecular formula is C65H38N12. The summed E-state index contributed by atoms with van der Waals surface area (Å²) in [6, 6.07) is 48.8. The fraction of sp³-hybridized carbons (Fsp3) is 0.0154. The average Bonchev–Trinajstić information content (AvgIpc) is 4.47. The molecule has 0 fully saturated rings. The van der Waals surface area contributed by atoms with Gasteiger partial charge >= 0.3 is 0 Å². The van der Waals surface area contributed by atoms with Crippen molar-refractivity contribution in [3.8, 4) is 33.9 Å². The summed E-state index contributed by atoms with van der Waals surface area (Å²) in [4.78, 5) is 37.9. The molecule has 12 heterocycles. The highest BCUT2D eigenvalue weighted by Gasteiger charge is 2.47. The molecule has 17 rings (SSSR count). The van der Waals surface area contributed by atoms with E-state index in [1.807, 2.05) is 99.1 Å². The highest BCUT2D eigenvalue weighted by Crippen LogP contribution is 2.57. The van der Waals surface area contributed by atoms with E-state index in [9.17, 15) is 0 Å². The molecule has 1 aliphatic carbocycles. The Morgan fingerprint density at radius 1 is 0.247 bits per heavy atom. The van der Waals surface area contributed by atoms with Crippen molar-refractivity contribution in [1.29, 1.82) is 0 Å². The topological polar surface area (TPSA) is 123 Å². The largest absolute Gasteiger partial charge is 0.306 e. The van der Waals surface area contributed by atoms with Crippen molar-refractivity contribution in [3.63, 3.8) is 0 Å². The van der Waals surface area contributed by atoms with Gasteiger partial charge in [-0.1, -0.05) is 48.5 Å². The van der Waals surface area contributed by atoms with E-state index in [1.54, 1.807) is 0 Å². The molecule has 77 heavy (non-hydrogen) atoms. The second-order valence-corrected chi connectivity index (χ2v) is 19.8. The summed E-state index contributed by atoms with van der Waals surface area (Å²) >= 11 is 0. The van der Waals surface area contributed by atoms with Gasteiger partial charge in [-0.05, 0) is 118 Å². The van der Waals surface area contributed by atoms with Crippen molar-refractivity contribution in [2.45, 2.75) is 5.41 Å². The molecule has 0 aliphatic heterocycles. The SMILES string of the molecule is c1ccc2c(c1)-c1ccccc1C2(c1cc(-n2c3cnccc3c3ccncc32)cc(-n2c3cnccc3c3ccncc32)c1)c1cc(-n2c3cnccc3c3ccncc32)cc(-n2c3cnccc3c3ccncc32)c1. The first-order chi connectivity index (χ1) is 38.2. The molecule has 12 heteroatoms. The lowest BCUT2D eigenvalue weighted by molar-refractivity contribution is 0.763. The minimum atomic E-state index is -0.961. The first kappa shape index (κ1) is 41.7. The van der Waals surface area contributed by atoms with Gasteiger partial charge in [-0.15, -0.1) is 0 Å². The fourth-order valence-corrected chi connectivity index (χ4v) is 13.1. The Morgan fingerprint density at radius 2 is 0.468 bits per heavy atom. The Labute approximate surface area is 437 Å². The van der Waals surface area contributed by atoms with Crippen molar-refractivity contribution >= 4 is 87.2 Å². The number of benzene rings is 4. The molecule has 0 spiro atoms. The number of aromatic nitrogens is 12. The lowest BCUT2D eigenvalue weighted by atomic mass is 9.67. The van der Waals surface area contributed by atoms with Gasteiger partial charge in [-0.3, -0.25) is 39.9 Å². The molecule has 0 saturated heterocycles. The van der Waals surface area contributed by atoms with Gasteiger partial charge in [-0.25, -0.2) is 0 Å². The Hall–Kier alpha value is -10.7. The van der Waals surface area contributed by atoms with Crippen LogP contribution in [-0.2, 0) is 5.41 Å². The third-order valence-electron chi connectivity index (χ3n) is 16.1. The predicted octanol–water partition coefficient (Wildman–Crippen LogP) is 13.6. The third kappa shape index (κ3) is 5.64. The molecule has 0 unspecified atom stereocenters. The zero-order valence-electron chi connectivity index (χ0n) is 40.8. The standard InChI is InChI=1S/C65H38N12/c1-3-7-55-45(5-1)46-6-2-4-8-56(46)65(55,39-25-41(74-57-31-66-17-9-47(57)48-10-18-67-32-58(48)74)29-42(26-39)75-59-33-68-19-11-49(59)50-12-20-69-34-60(50)75)40-27-43(76-61-35-70-21-13-51(61)52-14-22-71-36-62(52)76)30-44(28-40)77-63-37-72-23-15-53(63)54-16-24-73-38-64(54)77/h1-38H. The van der Waals surface area contributed by atoms with Gasteiger partial charge in [0.1, 0.15) is 0 Å². The summed E-state index contributed by atoms with van der Waals surface area (Å²) in [6.07, 6.45) is 30.6. The third-order valence-corrected chi connectivity index (χ3v) is 16.1. The first-order valence-electron chi connectivity index (χ1n) is 25.5. The van der Waals surface area contributed by atoms with Crippen LogP contribution < -0.4 is 0 Å². The van der Waals surface area contributed by atoms with Crippen molar-refractivity contribution in [2.24, 2.45) is 0 Å². The van der Waals surface area contributed by atoms with Gasteiger partial charge in [-0.2, -0.15) is 0 Å². The van der Waals surface area contributed by atoms with Crippen LogP contribution in [0, 0.1) is 0 Å². The van der Waals surface area contributed by atoms with Crippen LogP contribution >= 0.6 is 0 Å². The van der Waals surface area contributed by atoms with Crippen LogP contribution in [0.15, 0.2) is 233 Å². The molecule has 358 valence electrons. The maximum atomic E-state index is 4.74. The minimum absolute atomic E-state index is 0.943. The summed E-state index contributed by atoms with van der Waals surface area (Å²) in [6.45, 7) is 0. The lowest BCUT2D eigenvalue weighted by Crippen LogP contribution is -2.29. The van der Waals surface area contributed by atoms with Crippen LogP contribution in [0.2, 0.25) is 0 Å². The van der Waals surface area contributed by atoms with Crippen molar-refractivity contribution < 1.29 is 0 Å². The quantitative estimate of drug-likeness (QED) is 0.161. The Kier molecular flexibility index (Phi) is 8.48. The van der Waals surface area contributed by atoms with Gasteiger partial charge in [0.2, 0.25) is 0 Å². The maximum Gasteiger partial charge on any atom is 0.0725 e. The van der Waals surface area contributed by atoms with E-state index in [-0.39, 0.29) is 0 Å². The fourth-order valence-electron chi connectivity index (χ4n) is 13.1. The monoisotopic (exact) mass is 986 g/mol. The van der Waals surface area contributed by atoms with Gasteiger partial charge < -0.3 is 18.3 Å². The Bertz CT molecular complexity index is 4360. The normalized spacial score (nSPS) is 13.0. The highest BCUT2D eigenvalue weighted by molar-refractivity contribution is 6.12. The smallest absolute Gasteiger partial charge is 0.0725 e. The second-order valence-electron chi connectivity index (χ2n) is 19.8. The molecule has 1 aliphatic rings. The van der Waals surface area contributed by atoms with E-state index >= 15 is 0 Å². The van der Waals surface area contributed by atoms with E-state index < -0.39 is 5.41 Å². The molecule has 0 N–H and O–H groups in total. The van der Waals surface area contributed by atoms with Gasteiger partial charge in [0.05, 0.1) is 99.1 Å². The van der Waals surface area contributed by atoms with E-state index in [4.69, 9.17) is 39.9 Å². The molecular weight excluding hydrogens is 949 g/mol. The first-order valence-corrected chi connectivity index (χ1v) is 25.5. The molecule has 0 radical (unpaired) electrons. The molecule has 0 atom stereocenters. The summed E-state index contributed by atoms with van der Waals surface area (Å²) in [5.74, 6) is 0. The summed E-state index contributed by atoms with van der Waals surface area (Å²) < 4.78 is 9.28. The highest BCUT2D eigenvalue weighted by atomic mass is 15.0. The molecule has 12 nitrogen and oxygen atoms in total. The number of nitrogens with zero attached hydrogens (tertiary/aromatic N) is 12. The Balaban J connectivity index is 1.08. The number of rotatable bonds is 6. The summed E-state index contributed by atoms with van der Waals surface area (Å²) in [7, 11) is 0. The zero-order valence-corrected chi connectivity index (χ0v) is 40.8. The van der Waals surface area contributed by atoms with E-state index in [2.05, 4.69) is 152 Å². The molecule has 16 aromatic rings.